The Bertz CT molecular complexity index is 570. The summed E-state index contributed by atoms with van der Waals surface area (Å²) < 4.78 is 0. The molecular weight excluding hydrogens is 298 g/mol. The minimum absolute atomic E-state index is 0.0297. The molecule has 1 aromatic carbocycles. The number of benzene rings is 1. The van der Waals surface area contributed by atoms with Crippen molar-refractivity contribution in [3.05, 3.63) is 34.9 Å². The average Bonchev–Trinajstić information content (AvgIpc) is 2.47. The van der Waals surface area contributed by atoms with Gasteiger partial charge in [-0.25, -0.2) is 0 Å². The molecule has 1 amide bonds. The van der Waals surface area contributed by atoms with Crippen molar-refractivity contribution in [3.8, 4) is 0 Å². The monoisotopic (exact) mass is 319 g/mol. The molecule has 0 heterocycles. The molecule has 0 spiro atoms. The lowest BCUT2D eigenvalue weighted by Crippen LogP contribution is -2.43. The smallest absolute Gasteiger partial charge is 0.223 e. The maximum absolute atomic E-state index is 12.6. The van der Waals surface area contributed by atoms with Crippen LogP contribution in [-0.2, 0) is 9.59 Å². The van der Waals surface area contributed by atoms with Gasteiger partial charge in [-0.3, -0.25) is 9.59 Å². The molecule has 0 aliphatic heterocycles. The number of hydrogen-bond acceptors (Lipinski definition) is 2. The molecule has 118 valence electrons. The second kappa shape index (κ2) is 6.41. The first-order valence-electron chi connectivity index (χ1n) is 8.14. The minimum Gasteiger partial charge on any atom is -0.349 e. The number of hydrogen-bond donors (Lipinski definition) is 1. The Kier molecular flexibility index (Phi) is 4.53. The van der Waals surface area contributed by atoms with Gasteiger partial charge in [-0.15, -0.1) is 0 Å². The Morgan fingerprint density at radius 3 is 2.50 bits per heavy atom. The van der Waals surface area contributed by atoms with Crippen LogP contribution in [0.1, 0.15) is 50.6 Å². The molecule has 22 heavy (non-hydrogen) atoms. The van der Waals surface area contributed by atoms with Crippen molar-refractivity contribution in [2.45, 2.75) is 45.1 Å². The van der Waals surface area contributed by atoms with E-state index in [0.717, 1.165) is 37.7 Å². The topological polar surface area (TPSA) is 46.2 Å². The molecule has 2 bridgehead atoms. The normalized spacial score (nSPS) is 29.0. The third kappa shape index (κ3) is 3.05. The van der Waals surface area contributed by atoms with Gasteiger partial charge in [-0.05, 0) is 44.2 Å². The van der Waals surface area contributed by atoms with Crippen LogP contribution >= 0.6 is 11.6 Å². The van der Waals surface area contributed by atoms with Gasteiger partial charge in [0.1, 0.15) is 5.78 Å². The van der Waals surface area contributed by atoms with Crippen molar-refractivity contribution in [1.29, 1.82) is 0 Å². The summed E-state index contributed by atoms with van der Waals surface area (Å²) in [4.78, 5) is 24.7. The Balaban J connectivity index is 1.65. The number of carbonyl (C=O) groups is 2. The zero-order valence-corrected chi connectivity index (χ0v) is 13.6. The molecule has 2 aliphatic rings. The molecule has 3 atom stereocenters. The van der Waals surface area contributed by atoms with Gasteiger partial charge < -0.3 is 5.32 Å². The Morgan fingerprint density at radius 1 is 1.23 bits per heavy atom. The van der Waals surface area contributed by atoms with Crippen molar-refractivity contribution in [3.63, 3.8) is 0 Å². The van der Waals surface area contributed by atoms with Gasteiger partial charge in [0.2, 0.25) is 5.91 Å². The van der Waals surface area contributed by atoms with Crippen molar-refractivity contribution >= 4 is 23.3 Å². The van der Waals surface area contributed by atoms with Crippen LogP contribution in [0.25, 0.3) is 0 Å². The van der Waals surface area contributed by atoms with E-state index in [1.165, 1.54) is 0 Å². The van der Waals surface area contributed by atoms with Crippen LogP contribution in [0.4, 0.5) is 0 Å². The first-order chi connectivity index (χ1) is 10.6. The van der Waals surface area contributed by atoms with Gasteiger partial charge in [0.05, 0.1) is 6.04 Å². The summed E-state index contributed by atoms with van der Waals surface area (Å²) in [5.41, 5.74) is 0.935. The summed E-state index contributed by atoms with van der Waals surface area (Å²) in [6, 6.07) is 7.47. The van der Waals surface area contributed by atoms with Crippen LogP contribution < -0.4 is 5.32 Å². The number of fused-ring (bicyclic) bond motifs is 2. The lowest BCUT2D eigenvalue weighted by atomic mass is 9.67. The minimum atomic E-state index is -0.112. The molecule has 1 N–H and O–H groups in total. The quantitative estimate of drug-likeness (QED) is 0.918. The van der Waals surface area contributed by atoms with Crippen molar-refractivity contribution < 1.29 is 9.59 Å². The second-order valence-corrected chi connectivity index (χ2v) is 7.05. The highest BCUT2D eigenvalue weighted by molar-refractivity contribution is 6.31. The van der Waals surface area contributed by atoms with Gasteiger partial charge in [0, 0.05) is 22.8 Å². The summed E-state index contributed by atoms with van der Waals surface area (Å²) in [5.74, 6) is 0.655. The van der Waals surface area contributed by atoms with E-state index in [1.807, 2.05) is 31.2 Å². The van der Waals surface area contributed by atoms with Gasteiger partial charge in [0.25, 0.3) is 0 Å². The Labute approximate surface area is 136 Å². The number of Topliss-reactive ketones (excluding diaryl/α,β-unsaturated/α-hetero) is 1. The van der Waals surface area contributed by atoms with E-state index in [9.17, 15) is 9.59 Å². The first-order valence-corrected chi connectivity index (χ1v) is 8.52. The standard InChI is InChI=1S/C18H22ClNO2/c1-11(15-7-2-3-8-16(15)19)20-18(22)14-9-12-5-4-6-13(10-14)17(12)21/h2-3,7-8,11-14H,4-6,9-10H2,1H3,(H,20,22). The molecule has 4 heteroatoms. The average molecular weight is 320 g/mol. The van der Waals surface area contributed by atoms with E-state index in [2.05, 4.69) is 5.32 Å². The van der Waals surface area contributed by atoms with Crippen LogP contribution in [0, 0.1) is 17.8 Å². The summed E-state index contributed by atoms with van der Waals surface area (Å²) in [5, 5.41) is 3.75. The molecule has 2 aliphatic carbocycles. The van der Waals surface area contributed by atoms with Crippen LogP contribution in [0.2, 0.25) is 5.02 Å². The predicted molar refractivity (Wildman–Crippen MR) is 86.6 cm³/mol. The Hall–Kier alpha value is -1.35. The predicted octanol–water partition coefficient (Wildman–Crippen LogP) is 3.91. The largest absolute Gasteiger partial charge is 0.349 e. The zero-order chi connectivity index (χ0) is 15.7. The maximum Gasteiger partial charge on any atom is 0.223 e. The molecule has 2 fully saturated rings. The Morgan fingerprint density at radius 2 is 1.86 bits per heavy atom. The summed E-state index contributed by atoms with van der Waals surface area (Å²) >= 11 is 6.19. The highest BCUT2D eigenvalue weighted by atomic mass is 35.5. The molecule has 3 nitrogen and oxygen atoms in total. The van der Waals surface area contributed by atoms with Gasteiger partial charge in [-0.1, -0.05) is 36.2 Å². The number of halogens is 1. The molecule has 1 aromatic rings. The van der Waals surface area contributed by atoms with Crippen LogP contribution in [0.3, 0.4) is 0 Å². The third-order valence-corrected chi connectivity index (χ3v) is 5.49. The molecular formula is C18H22ClNO2. The molecule has 0 aromatic heterocycles. The molecule has 3 unspecified atom stereocenters. The molecule has 3 rings (SSSR count). The van der Waals surface area contributed by atoms with Crippen LogP contribution in [-0.4, -0.2) is 11.7 Å². The van der Waals surface area contributed by atoms with Crippen molar-refractivity contribution in [1.82, 2.24) is 5.32 Å². The summed E-state index contributed by atoms with van der Waals surface area (Å²) in [6.45, 7) is 1.95. The third-order valence-electron chi connectivity index (χ3n) is 5.15. The molecule has 0 saturated heterocycles. The fraction of sp³-hybridized carbons (Fsp3) is 0.556. The van der Waals surface area contributed by atoms with Crippen LogP contribution in [0.15, 0.2) is 24.3 Å². The van der Waals surface area contributed by atoms with E-state index >= 15 is 0 Å². The van der Waals surface area contributed by atoms with E-state index in [0.29, 0.717) is 10.8 Å². The van der Waals surface area contributed by atoms with E-state index in [1.54, 1.807) is 0 Å². The number of rotatable bonds is 3. The fourth-order valence-corrected chi connectivity index (χ4v) is 4.23. The van der Waals surface area contributed by atoms with Crippen molar-refractivity contribution in [2.24, 2.45) is 17.8 Å². The maximum atomic E-state index is 12.6. The lowest BCUT2D eigenvalue weighted by molar-refractivity contribution is -0.137. The highest BCUT2D eigenvalue weighted by Gasteiger charge is 2.41. The highest BCUT2D eigenvalue weighted by Crippen LogP contribution is 2.40. The second-order valence-electron chi connectivity index (χ2n) is 6.65. The fourth-order valence-electron chi connectivity index (χ4n) is 3.93. The number of ketones is 1. The number of carbonyl (C=O) groups excluding carboxylic acids is 2. The summed E-state index contributed by atoms with van der Waals surface area (Å²) in [6.07, 6.45) is 4.48. The lowest BCUT2D eigenvalue weighted by Gasteiger charge is -2.37. The van der Waals surface area contributed by atoms with E-state index in [4.69, 9.17) is 11.6 Å². The van der Waals surface area contributed by atoms with Gasteiger partial charge >= 0.3 is 0 Å². The molecule has 0 radical (unpaired) electrons. The number of amides is 1. The van der Waals surface area contributed by atoms with Crippen molar-refractivity contribution in [2.75, 3.05) is 0 Å². The van der Waals surface area contributed by atoms with Gasteiger partial charge in [-0.2, -0.15) is 0 Å². The zero-order valence-electron chi connectivity index (χ0n) is 12.8. The van der Waals surface area contributed by atoms with E-state index < -0.39 is 0 Å². The number of nitrogens with one attached hydrogen (secondary N) is 1. The van der Waals surface area contributed by atoms with Gasteiger partial charge in [0.15, 0.2) is 0 Å². The SMILES string of the molecule is CC(NC(=O)C1CC2CCCC(C1)C2=O)c1ccccc1Cl. The molecule has 2 saturated carbocycles. The summed E-state index contributed by atoms with van der Waals surface area (Å²) in [7, 11) is 0. The van der Waals surface area contributed by atoms with Crippen LogP contribution in [0.5, 0.6) is 0 Å². The van der Waals surface area contributed by atoms with E-state index in [-0.39, 0.29) is 29.7 Å². The first kappa shape index (κ1) is 15.5.